The Morgan fingerprint density at radius 3 is 2.60 bits per heavy atom. The van der Waals surface area contributed by atoms with E-state index in [-0.39, 0.29) is 11.2 Å². The molecule has 1 aromatic rings. The fourth-order valence-corrected chi connectivity index (χ4v) is 1.92. The molecule has 80 valence electrons. The largest absolute Gasteiger partial charge is 0.315 e. The quantitative estimate of drug-likeness (QED) is 0.781. The van der Waals surface area contributed by atoms with Crippen LogP contribution in [-0.4, -0.2) is 18.9 Å². The van der Waals surface area contributed by atoms with Crippen molar-refractivity contribution in [3.63, 3.8) is 0 Å². The monoisotopic (exact) mass is 223 g/mol. The van der Waals surface area contributed by atoms with Gasteiger partial charge in [-0.25, -0.2) is 0 Å². The summed E-state index contributed by atoms with van der Waals surface area (Å²) in [4.78, 5) is 12.1. The number of benzene rings is 1. The Morgan fingerprint density at radius 1 is 1.47 bits per heavy atom. The number of carbonyl (C=O) groups is 1. The molecule has 15 heavy (non-hydrogen) atoms. The number of ketones is 1. The minimum Gasteiger partial charge on any atom is -0.315 e. The third-order valence-electron chi connectivity index (χ3n) is 3.01. The van der Waals surface area contributed by atoms with Crippen LogP contribution in [0.15, 0.2) is 18.2 Å². The fraction of sp³-hybridized carbons (Fsp3) is 0.417. The van der Waals surface area contributed by atoms with E-state index in [0.717, 1.165) is 24.2 Å². The highest BCUT2D eigenvalue weighted by atomic mass is 35.5. The summed E-state index contributed by atoms with van der Waals surface area (Å²) in [6.45, 7) is 5.44. The molecule has 0 aromatic heterocycles. The molecule has 1 saturated heterocycles. The van der Waals surface area contributed by atoms with Crippen molar-refractivity contribution in [2.45, 2.75) is 13.8 Å². The lowest BCUT2D eigenvalue weighted by Crippen LogP contribution is -2.56. The van der Waals surface area contributed by atoms with Gasteiger partial charge in [0.15, 0.2) is 5.78 Å². The maximum atomic E-state index is 12.1. The van der Waals surface area contributed by atoms with Crippen LogP contribution in [0.4, 0.5) is 0 Å². The number of aryl methyl sites for hydroxylation is 1. The molecule has 1 heterocycles. The van der Waals surface area contributed by atoms with E-state index >= 15 is 0 Å². The molecule has 0 unspecified atom stereocenters. The molecule has 1 aliphatic heterocycles. The number of carbonyl (C=O) groups excluding carboxylic acids is 1. The molecule has 1 aliphatic rings. The van der Waals surface area contributed by atoms with Gasteiger partial charge in [0, 0.05) is 23.7 Å². The van der Waals surface area contributed by atoms with E-state index in [1.165, 1.54) is 0 Å². The van der Waals surface area contributed by atoms with Crippen molar-refractivity contribution in [1.29, 1.82) is 0 Å². The third kappa shape index (κ3) is 1.80. The van der Waals surface area contributed by atoms with Crippen molar-refractivity contribution in [3.8, 4) is 0 Å². The molecular weight excluding hydrogens is 210 g/mol. The molecule has 0 saturated carbocycles. The maximum Gasteiger partial charge on any atom is 0.171 e. The number of hydrogen-bond donors (Lipinski definition) is 1. The second-order valence-corrected chi connectivity index (χ2v) is 4.86. The predicted molar refractivity (Wildman–Crippen MR) is 61.5 cm³/mol. The van der Waals surface area contributed by atoms with Crippen LogP contribution in [0.2, 0.25) is 5.02 Å². The molecule has 0 radical (unpaired) electrons. The van der Waals surface area contributed by atoms with Crippen LogP contribution < -0.4 is 5.32 Å². The minimum atomic E-state index is -0.238. The number of rotatable bonds is 2. The zero-order valence-corrected chi connectivity index (χ0v) is 9.69. The second-order valence-electron chi connectivity index (χ2n) is 4.46. The lowest BCUT2D eigenvalue weighted by Gasteiger charge is -2.37. The number of hydrogen-bond acceptors (Lipinski definition) is 2. The van der Waals surface area contributed by atoms with Gasteiger partial charge in [0.2, 0.25) is 0 Å². The highest BCUT2D eigenvalue weighted by Crippen LogP contribution is 2.28. The van der Waals surface area contributed by atoms with Gasteiger partial charge in [0.25, 0.3) is 0 Å². The number of nitrogens with one attached hydrogen (secondary N) is 1. The van der Waals surface area contributed by atoms with E-state index in [2.05, 4.69) is 5.32 Å². The van der Waals surface area contributed by atoms with Crippen molar-refractivity contribution in [2.24, 2.45) is 5.41 Å². The van der Waals surface area contributed by atoms with Gasteiger partial charge < -0.3 is 5.32 Å². The van der Waals surface area contributed by atoms with Crippen LogP contribution in [0.3, 0.4) is 0 Å². The van der Waals surface area contributed by atoms with Crippen LogP contribution in [0.5, 0.6) is 0 Å². The summed E-state index contributed by atoms with van der Waals surface area (Å²) in [6.07, 6.45) is 0. The highest BCUT2D eigenvalue weighted by Gasteiger charge is 2.39. The van der Waals surface area contributed by atoms with Gasteiger partial charge in [0.05, 0.1) is 5.41 Å². The molecule has 0 atom stereocenters. The van der Waals surface area contributed by atoms with E-state index < -0.39 is 0 Å². The first-order valence-electron chi connectivity index (χ1n) is 5.05. The fourth-order valence-electron chi connectivity index (χ4n) is 1.74. The molecule has 3 heteroatoms. The molecule has 1 aromatic carbocycles. The average molecular weight is 224 g/mol. The Bertz CT molecular complexity index is 410. The van der Waals surface area contributed by atoms with Crippen LogP contribution in [0, 0.1) is 12.3 Å². The SMILES string of the molecule is Cc1ccc(C(=O)C2(C)CNC2)cc1Cl. The van der Waals surface area contributed by atoms with E-state index in [0.29, 0.717) is 5.02 Å². The predicted octanol–water partition coefficient (Wildman–Crippen LogP) is 2.44. The summed E-state index contributed by atoms with van der Waals surface area (Å²) in [7, 11) is 0. The standard InChI is InChI=1S/C12H14ClNO/c1-8-3-4-9(5-10(8)13)11(15)12(2)6-14-7-12/h3-5,14H,6-7H2,1-2H3. The first-order chi connectivity index (χ1) is 7.03. The molecule has 0 spiro atoms. The number of Topliss-reactive ketones (excluding diaryl/α,β-unsaturated/α-hetero) is 1. The Morgan fingerprint density at radius 2 is 2.13 bits per heavy atom. The highest BCUT2D eigenvalue weighted by molar-refractivity contribution is 6.31. The van der Waals surface area contributed by atoms with Gasteiger partial charge in [-0.15, -0.1) is 0 Å². The summed E-state index contributed by atoms with van der Waals surface area (Å²) in [6, 6.07) is 5.51. The van der Waals surface area contributed by atoms with Crippen molar-refractivity contribution in [2.75, 3.05) is 13.1 Å². The Kier molecular flexibility index (Phi) is 2.57. The van der Waals surface area contributed by atoms with Gasteiger partial charge in [-0.3, -0.25) is 4.79 Å². The van der Waals surface area contributed by atoms with Crippen molar-refractivity contribution in [3.05, 3.63) is 34.3 Å². The maximum absolute atomic E-state index is 12.1. The minimum absolute atomic E-state index is 0.183. The topological polar surface area (TPSA) is 29.1 Å². The Labute approximate surface area is 94.6 Å². The second kappa shape index (κ2) is 3.62. The summed E-state index contributed by atoms with van der Waals surface area (Å²) < 4.78 is 0. The van der Waals surface area contributed by atoms with Crippen molar-refractivity contribution < 1.29 is 4.79 Å². The third-order valence-corrected chi connectivity index (χ3v) is 3.42. The Balaban J connectivity index is 2.30. The average Bonchev–Trinajstić information content (AvgIpc) is 2.17. The van der Waals surface area contributed by atoms with Gasteiger partial charge in [0.1, 0.15) is 0 Å². The van der Waals surface area contributed by atoms with E-state index in [1.807, 2.05) is 26.0 Å². The molecule has 0 bridgehead atoms. The normalized spacial score (nSPS) is 18.3. The van der Waals surface area contributed by atoms with Gasteiger partial charge in [-0.05, 0) is 25.5 Å². The lowest BCUT2D eigenvalue weighted by molar-refractivity contribution is 0.0721. The molecule has 2 nitrogen and oxygen atoms in total. The molecule has 0 amide bonds. The molecule has 2 rings (SSSR count). The summed E-state index contributed by atoms with van der Waals surface area (Å²) in [5.41, 5.74) is 1.48. The van der Waals surface area contributed by atoms with Gasteiger partial charge in [-0.1, -0.05) is 23.7 Å². The smallest absolute Gasteiger partial charge is 0.171 e. The number of halogens is 1. The van der Waals surface area contributed by atoms with Crippen molar-refractivity contribution in [1.82, 2.24) is 5.32 Å². The van der Waals surface area contributed by atoms with Crippen molar-refractivity contribution >= 4 is 17.4 Å². The summed E-state index contributed by atoms with van der Waals surface area (Å²) in [5, 5.41) is 3.79. The zero-order chi connectivity index (χ0) is 11.1. The van der Waals surface area contributed by atoms with E-state index in [9.17, 15) is 4.79 Å². The summed E-state index contributed by atoms with van der Waals surface area (Å²) in [5.74, 6) is 0.183. The molecular formula is C12H14ClNO. The first kappa shape index (κ1) is 10.7. The van der Waals surface area contributed by atoms with E-state index in [4.69, 9.17) is 11.6 Å². The summed E-state index contributed by atoms with van der Waals surface area (Å²) >= 11 is 6.00. The molecule has 1 N–H and O–H groups in total. The lowest BCUT2D eigenvalue weighted by atomic mass is 9.77. The molecule has 0 aliphatic carbocycles. The van der Waals surface area contributed by atoms with Gasteiger partial charge in [-0.2, -0.15) is 0 Å². The van der Waals surface area contributed by atoms with Crippen LogP contribution in [0.1, 0.15) is 22.8 Å². The molecule has 1 fully saturated rings. The first-order valence-corrected chi connectivity index (χ1v) is 5.42. The van der Waals surface area contributed by atoms with E-state index in [1.54, 1.807) is 6.07 Å². The van der Waals surface area contributed by atoms with Crippen LogP contribution in [0.25, 0.3) is 0 Å². The van der Waals surface area contributed by atoms with Crippen LogP contribution in [-0.2, 0) is 0 Å². The zero-order valence-electron chi connectivity index (χ0n) is 8.93. The van der Waals surface area contributed by atoms with Gasteiger partial charge >= 0.3 is 0 Å². The Hall–Kier alpha value is -0.860. The van der Waals surface area contributed by atoms with Crippen LogP contribution >= 0.6 is 11.6 Å².